The van der Waals surface area contributed by atoms with E-state index in [0.717, 1.165) is 32.6 Å². The number of carbonyl (C=O) groups is 1. The van der Waals surface area contributed by atoms with Gasteiger partial charge in [-0.25, -0.2) is 0 Å². The second-order valence-corrected chi connectivity index (χ2v) is 6.73. The highest BCUT2D eigenvalue weighted by molar-refractivity contribution is 5.83. The molecule has 106 valence electrons. The molecule has 1 aliphatic carbocycles. The van der Waals surface area contributed by atoms with E-state index in [9.17, 15) is 4.79 Å². The molecule has 4 atom stereocenters. The summed E-state index contributed by atoms with van der Waals surface area (Å²) in [5.41, 5.74) is 2.71. The average Bonchev–Trinajstić information content (AvgIpc) is 2.93. The van der Waals surface area contributed by atoms with Gasteiger partial charge in [0.1, 0.15) is 0 Å². The van der Waals surface area contributed by atoms with Gasteiger partial charge >= 0.3 is 0 Å². The van der Waals surface area contributed by atoms with Crippen molar-refractivity contribution < 1.29 is 4.79 Å². The van der Waals surface area contributed by atoms with Crippen LogP contribution in [0.4, 0.5) is 0 Å². The number of fused-ring (bicyclic) bond motifs is 1. The third kappa shape index (κ3) is 1.96. The number of rotatable bonds is 2. The van der Waals surface area contributed by atoms with Gasteiger partial charge in [0.2, 0.25) is 5.91 Å². The average molecular weight is 270 g/mol. The molecule has 2 aliphatic heterocycles. The Labute approximate surface area is 120 Å². The maximum atomic E-state index is 12.6. The second kappa shape index (κ2) is 4.59. The molecule has 0 radical (unpaired) electrons. The Hall–Kier alpha value is -1.35. The lowest BCUT2D eigenvalue weighted by molar-refractivity contribution is -0.131. The van der Waals surface area contributed by atoms with Crippen LogP contribution in [0, 0.1) is 24.7 Å². The number of likely N-dealkylation sites (tertiary alicyclic amines) is 1. The third-order valence-corrected chi connectivity index (χ3v) is 5.40. The molecule has 0 bridgehead atoms. The van der Waals surface area contributed by atoms with Gasteiger partial charge < -0.3 is 10.2 Å². The Bertz CT molecular complexity index is 530. The summed E-state index contributed by atoms with van der Waals surface area (Å²) in [5.74, 6) is 2.54. The van der Waals surface area contributed by atoms with Crippen molar-refractivity contribution in [3.05, 3.63) is 35.4 Å². The van der Waals surface area contributed by atoms with Crippen molar-refractivity contribution in [2.75, 3.05) is 26.2 Å². The van der Waals surface area contributed by atoms with Crippen molar-refractivity contribution >= 4 is 5.91 Å². The molecule has 1 N–H and O–H groups in total. The van der Waals surface area contributed by atoms with Gasteiger partial charge in [-0.1, -0.05) is 24.3 Å². The summed E-state index contributed by atoms with van der Waals surface area (Å²) in [6.07, 6.45) is 1.05. The first kappa shape index (κ1) is 12.4. The minimum absolute atomic E-state index is 0.253. The lowest BCUT2D eigenvalue weighted by Crippen LogP contribution is -2.33. The maximum Gasteiger partial charge on any atom is 0.226 e. The summed E-state index contributed by atoms with van der Waals surface area (Å²) in [5, 5.41) is 3.43. The summed E-state index contributed by atoms with van der Waals surface area (Å²) in [6, 6.07) is 8.51. The van der Waals surface area contributed by atoms with Crippen molar-refractivity contribution in [1.29, 1.82) is 0 Å². The topological polar surface area (TPSA) is 32.3 Å². The Morgan fingerprint density at radius 2 is 1.90 bits per heavy atom. The zero-order valence-corrected chi connectivity index (χ0v) is 12.0. The molecular formula is C17H22N2O. The van der Waals surface area contributed by atoms with E-state index in [1.54, 1.807) is 0 Å². The van der Waals surface area contributed by atoms with Crippen molar-refractivity contribution in [1.82, 2.24) is 10.2 Å². The number of hydrogen-bond acceptors (Lipinski definition) is 2. The van der Waals surface area contributed by atoms with Crippen LogP contribution in [0.15, 0.2) is 24.3 Å². The molecule has 3 heteroatoms. The molecule has 0 spiro atoms. The summed E-state index contributed by atoms with van der Waals surface area (Å²) < 4.78 is 0. The standard InChI is InChI=1S/C17H22N2O/c1-11-4-2-3-5-14(11)15-6-16(15)17(20)19-9-12-7-18-8-13(12)10-19/h2-5,12-13,15-16,18H,6-10H2,1H3/t12-,13+,15?,16?. The van der Waals surface area contributed by atoms with Crippen LogP contribution in [0.25, 0.3) is 0 Å². The highest BCUT2D eigenvalue weighted by atomic mass is 16.2. The van der Waals surface area contributed by atoms with Crippen molar-refractivity contribution in [3.63, 3.8) is 0 Å². The molecule has 2 saturated heterocycles. The summed E-state index contributed by atoms with van der Waals surface area (Å²) >= 11 is 0. The fourth-order valence-corrected chi connectivity index (χ4v) is 4.08. The number of hydrogen-bond donors (Lipinski definition) is 1. The highest BCUT2D eigenvalue weighted by Crippen LogP contribution is 2.50. The first-order valence-corrected chi connectivity index (χ1v) is 7.79. The monoisotopic (exact) mass is 270 g/mol. The van der Waals surface area contributed by atoms with E-state index in [1.807, 2.05) is 0 Å². The van der Waals surface area contributed by atoms with Crippen LogP contribution >= 0.6 is 0 Å². The molecule has 1 amide bonds. The SMILES string of the molecule is Cc1ccccc1C1CC1C(=O)N1C[C@H]2CNC[C@H]2C1. The van der Waals surface area contributed by atoms with Crippen molar-refractivity contribution in [2.24, 2.45) is 17.8 Å². The van der Waals surface area contributed by atoms with Crippen LogP contribution in [-0.2, 0) is 4.79 Å². The summed E-state index contributed by atoms with van der Waals surface area (Å²) in [6.45, 7) is 6.31. The van der Waals surface area contributed by atoms with E-state index in [0.29, 0.717) is 23.7 Å². The smallest absolute Gasteiger partial charge is 0.226 e. The lowest BCUT2D eigenvalue weighted by atomic mass is 10.0. The van der Waals surface area contributed by atoms with E-state index in [1.165, 1.54) is 11.1 Å². The van der Waals surface area contributed by atoms with Crippen molar-refractivity contribution in [2.45, 2.75) is 19.3 Å². The van der Waals surface area contributed by atoms with Gasteiger partial charge in [-0.3, -0.25) is 4.79 Å². The van der Waals surface area contributed by atoms with Gasteiger partial charge in [0, 0.05) is 32.1 Å². The number of carbonyl (C=O) groups excluding carboxylic acids is 1. The van der Waals surface area contributed by atoms with Crippen LogP contribution in [-0.4, -0.2) is 37.0 Å². The molecule has 1 aromatic rings. The molecule has 3 nitrogen and oxygen atoms in total. The highest BCUT2D eigenvalue weighted by Gasteiger charge is 2.48. The largest absolute Gasteiger partial charge is 0.342 e. The first-order chi connectivity index (χ1) is 9.74. The number of benzene rings is 1. The second-order valence-electron chi connectivity index (χ2n) is 6.73. The Kier molecular flexibility index (Phi) is 2.84. The Morgan fingerprint density at radius 1 is 1.20 bits per heavy atom. The Balaban J connectivity index is 1.43. The van der Waals surface area contributed by atoms with Gasteiger partial charge in [-0.15, -0.1) is 0 Å². The lowest BCUT2D eigenvalue weighted by Gasteiger charge is -2.17. The van der Waals surface area contributed by atoms with Crippen LogP contribution < -0.4 is 5.32 Å². The number of nitrogens with one attached hydrogen (secondary N) is 1. The van der Waals surface area contributed by atoms with Gasteiger partial charge in [-0.05, 0) is 42.2 Å². The van der Waals surface area contributed by atoms with Gasteiger partial charge in [0.25, 0.3) is 0 Å². The molecule has 1 aromatic carbocycles. The van der Waals surface area contributed by atoms with Crippen LogP contribution in [0.2, 0.25) is 0 Å². The van der Waals surface area contributed by atoms with E-state index in [2.05, 4.69) is 41.4 Å². The molecule has 3 aliphatic rings. The molecule has 4 rings (SSSR count). The van der Waals surface area contributed by atoms with Crippen molar-refractivity contribution in [3.8, 4) is 0 Å². The molecule has 2 unspecified atom stereocenters. The number of amides is 1. The van der Waals surface area contributed by atoms with Crippen LogP contribution in [0.5, 0.6) is 0 Å². The minimum Gasteiger partial charge on any atom is -0.342 e. The molecule has 1 saturated carbocycles. The normalized spacial score (nSPS) is 35.1. The maximum absolute atomic E-state index is 12.6. The van der Waals surface area contributed by atoms with Crippen LogP contribution in [0.1, 0.15) is 23.5 Å². The van der Waals surface area contributed by atoms with Gasteiger partial charge in [0.15, 0.2) is 0 Å². The molecule has 3 fully saturated rings. The van der Waals surface area contributed by atoms with E-state index >= 15 is 0 Å². The fraction of sp³-hybridized carbons (Fsp3) is 0.588. The quantitative estimate of drug-likeness (QED) is 0.888. The molecule has 20 heavy (non-hydrogen) atoms. The van der Waals surface area contributed by atoms with E-state index < -0.39 is 0 Å². The number of nitrogens with zero attached hydrogens (tertiary/aromatic N) is 1. The fourth-order valence-electron chi connectivity index (χ4n) is 4.08. The predicted molar refractivity (Wildman–Crippen MR) is 78.5 cm³/mol. The number of aryl methyl sites for hydroxylation is 1. The molecule has 0 aromatic heterocycles. The van der Waals surface area contributed by atoms with E-state index in [-0.39, 0.29) is 5.92 Å². The van der Waals surface area contributed by atoms with Crippen LogP contribution in [0.3, 0.4) is 0 Å². The van der Waals surface area contributed by atoms with E-state index in [4.69, 9.17) is 0 Å². The zero-order chi connectivity index (χ0) is 13.7. The summed E-state index contributed by atoms with van der Waals surface area (Å²) in [4.78, 5) is 14.8. The van der Waals surface area contributed by atoms with Gasteiger partial charge in [-0.2, -0.15) is 0 Å². The minimum atomic E-state index is 0.253. The van der Waals surface area contributed by atoms with Gasteiger partial charge in [0.05, 0.1) is 0 Å². The third-order valence-electron chi connectivity index (χ3n) is 5.40. The zero-order valence-electron chi connectivity index (χ0n) is 12.0. The Morgan fingerprint density at radius 3 is 2.60 bits per heavy atom. The predicted octanol–water partition coefficient (Wildman–Crippen LogP) is 1.78. The summed E-state index contributed by atoms with van der Waals surface area (Å²) in [7, 11) is 0. The molecule has 2 heterocycles. The molecular weight excluding hydrogens is 248 g/mol. The first-order valence-electron chi connectivity index (χ1n) is 7.79.